The van der Waals surface area contributed by atoms with Gasteiger partial charge in [-0.2, -0.15) is 0 Å². The molecule has 20 heavy (non-hydrogen) atoms. The lowest BCUT2D eigenvalue weighted by molar-refractivity contribution is 0.0949. The van der Waals surface area contributed by atoms with E-state index in [-0.39, 0.29) is 11.7 Å². The van der Waals surface area contributed by atoms with Crippen LogP contribution in [0.5, 0.6) is 0 Å². The molecule has 1 fully saturated rings. The Morgan fingerprint density at radius 3 is 3.15 bits per heavy atom. The van der Waals surface area contributed by atoms with Crippen molar-refractivity contribution < 1.29 is 9.18 Å². The molecule has 0 saturated carbocycles. The Bertz CT molecular complexity index is 619. The van der Waals surface area contributed by atoms with Crippen LogP contribution in [0.2, 0.25) is 0 Å². The predicted octanol–water partition coefficient (Wildman–Crippen LogP) is 2.77. The van der Waals surface area contributed by atoms with Gasteiger partial charge in [0, 0.05) is 11.2 Å². The van der Waals surface area contributed by atoms with Crippen molar-refractivity contribution in [1.29, 1.82) is 0 Å². The van der Waals surface area contributed by atoms with Crippen LogP contribution in [-0.4, -0.2) is 25.5 Å². The molecule has 1 aliphatic heterocycles. The Morgan fingerprint density at radius 1 is 1.45 bits per heavy atom. The molecule has 2 aromatic rings. The smallest absolute Gasteiger partial charge is 0.261 e. The average molecular weight is 292 g/mol. The van der Waals surface area contributed by atoms with E-state index >= 15 is 0 Å². The fraction of sp³-hybridized carbons (Fsp3) is 0.400. The molecule has 1 amide bonds. The average Bonchev–Trinajstić information content (AvgIpc) is 2.89. The summed E-state index contributed by atoms with van der Waals surface area (Å²) in [4.78, 5) is 12.8. The summed E-state index contributed by atoms with van der Waals surface area (Å²) in [6.07, 6.45) is 2.33. The van der Waals surface area contributed by atoms with E-state index in [9.17, 15) is 9.18 Å². The lowest BCUT2D eigenvalue weighted by Crippen LogP contribution is -2.37. The highest BCUT2D eigenvalue weighted by atomic mass is 32.1. The number of hydrogen-bond acceptors (Lipinski definition) is 3. The topological polar surface area (TPSA) is 41.1 Å². The van der Waals surface area contributed by atoms with E-state index in [1.165, 1.54) is 29.9 Å². The van der Waals surface area contributed by atoms with Crippen molar-refractivity contribution in [3.05, 3.63) is 35.0 Å². The van der Waals surface area contributed by atoms with Crippen molar-refractivity contribution in [2.75, 3.05) is 19.6 Å². The summed E-state index contributed by atoms with van der Waals surface area (Å²) >= 11 is 1.41. The Balaban J connectivity index is 1.65. The van der Waals surface area contributed by atoms with Gasteiger partial charge in [-0.05, 0) is 61.5 Å². The number of benzene rings is 1. The fourth-order valence-electron chi connectivity index (χ4n) is 2.55. The van der Waals surface area contributed by atoms with Crippen molar-refractivity contribution in [3.8, 4) is 0 Å². The van der Waals surface area contributed by atoms with Crippen molar-refractivity contribution in [2.24, 2.45) is 5.92 Å². The van der Waals surface area contributed by atoms with Gasteiger partial charge in [-0.1, -0.05) is 0 Å². The molecule has 1 unspecified atom stereocenters. The molecule has 2 heterocycles. The number of halogens is 1. The van der Waals surface area contributed by atoms with Crippen molar-refractivity contribution in [1.82, 2.24) is 10.6 Å². The van der Waals surface area contributed by atoms with Crippen LogP contribution < -0.4 is 10.6 Å². The third-order valence-corrected chi connectivity index (χ3v) is 4.77. The minimum Gasteiger partial charge on any atom is -0.351 e. The zero-order chi connectivity index (χ0) is 13.9. The van der Waals surface area contributed by atoms with Crippen molar-refractivity contribution in [3.63, 3.8) is 0 Å². The lowest BCUT2D eigenvalue weighted by atomic mass is 10.00. The lowest BCUT2D eigenvalue weighted by Gasteiger charge is -2.22. The number of thiophene rings is 1. The number of carbonyl (C=O) groups excluding carboxylic acids is 1. The molecular weight excluding hydrogens is 275 g/mol. The van der Waals surface area contributed by atoms with Gasteiger partial charge in [0.25, 0.3) is 5.91 Å². The first-order chi connectivity index (χ1) is 9.72. The molecule has 0 aliphatic carbocycles. The second-order valence-electron chi connectivity index (χ2n) is 5.22. The molecule has 1 atom stereocenters. The molecule has 0 bridgehead atoms. The van der Waals surface area contributed by atoms with E-state index < -0.39 is 0 Å². The largest absolute Gasteiger partial charge is 0.351 e. The van der Waals surface area contributed by atoms with Crippen LogP contribution in [0, 0.1) is 11.7 Å². The summed E-state index contributed by atoms with van der Waals surface area (Å²) in [6.45, 7) is 2.75. The fourth-order valence-corrected chi connectivity index (χ4v) is 3.51. The minimum absolute atomic E-state index is 0.0582. The first kappa shape index (κ1) is 13.5. The van der Waals surface area contributed by atoms with Gasteiger partial charge in [-0.25, -0.2) is 4.39 Å². The van der Waals surface area contributed by atoms with Crippen LogP contribution >= 0.6 is 11.3 Å². The Morgan fingerprint density at radius 2 is 2.35 bits per heavy atom. The van der Waals surface area contributed by atoms with Crippen LogP contribution in [0.4, 0.5) is 4.39 Å². The summed E-state index contributed by atoms with van der Waals surface area (Å²) in [5.74, 6) is 0.187. The number of fused-ring (bicyclic) bond motifs is 1. The van der Waals surface area contributed by atoms with E-state index in [4.69, 9.17) is 0 Å². The SMILES string of the molecule is O=C(NCC1CCCNC1)c1cc2cc(F)ccc2s1. The number of carbonyl (C=O) groups is 1. The van der Waals surface area contributed by atoms with E-state index in [0.717, 1.165) is 29.6 Å². The van der Waals surface area contributed by atoms with E-state index in [0.29, 0.717) is 17.3 Å². The quantitative estimate of drug-likeness (QED) is 0.913. The van der Waals surface area contributed by atoms with Crippen molar-refractivity contribution >= 4 is 27.3 Å². The first-order valence-electron chi connectivity index (χ1n) is 6.90. The summed E-state index contributed by atoms with van der Waals surface area (Å²) in [6, 6.07) is 6.37. The second-order valence-corrected chi connectivity index (χ2v) is 6.30. The number of hydrogen-bond donors (Lipinski definition) is 2. The third kappa shape index (κ3) is 2.99. The molecule has 0 spiro atoms. The molecule has 106 valence electrons. The summed E-state index contributed by atoms with van der Waals surface area (Å²) in [7, 11) is 0. The van der Waals surface area contributed by atoms with Crippen LogP contribution in [0.3, 0.4) is 0 Å². The molecule has 2 N–H and O–H groups in total. The van der Waals surface area contributed by atoms with Crippen LogP contribution in [0.1, 0.15) is 22.5 Å². The normalized spacial score (nSPS) is 19.1. The zero-order valence-electron chi connectivity index (χ0n) is 11.1. The Labute approximate surface area is 121 Å². The number of rotatable bonds is 3. The summed E-state index contributed by atoms with van der Waals surface area (Å²) in [5.41, 5.74) is 0. The molecule has 1 aromatic carbocycles. The molecule has 1 aromatic heterocycles. The molecular formula is C15H17FN2OS. The molecule has 1 saturated heterocycles. The third-order valence-electron chi connectivity index (χ3n) is 3.65. The second kappa shape index (κ2) is 5.89. The minimum atomic E-state index is -0.268. The molecule has 1 aliphatic rings. The summed E-state index contributed by atoms with van der Waals surface area (Å²) in [5, 5.41) is 7.11. The van der Waals surface area contributed by atoms with Gasteiger partial charge in [0.2, 0.25) is 0 Å². The van der Waals surface area contributed by atoms with Gasteiger partial charge in [0.15, 0.2) is 0 Å². The highest BCUT2D eigenvalue weighted by molar-refractivity contribution is 7.20. The van der Waals surface area contributed by atoms with Crippen LogP contribution in [-0.2, 0) is 0 Å². The zero-order valence-corrected chi connectivity index (χ0v) is 11.9. The number of piperidine rings is 1. The summed E-state index contributed by atoms with van der Waals surface area (Å²) < 4.78 is 14.1. The standard InChI is InChI=1S/C15H17FN2OS/c16-12-3-4-13-11(6-12)7-14(20-13)15(19)18-9-10-2-1-5-17-8-10/h3-4,6-7,10,17H,1-2,5,8-9H2,(H,18,19). The molecule has 3 rings (SSSR count). The maximum absolute atomic E-state index is 13.1. The van der Waals surface area contributed by atoms with Gasteiger partial charge < -0.3 is 10.6 Å². The van der Waals surface area contributed by atoms with Gasteiger partial charge in [0.1, 0.15) is 5.82 Å². The monoisotopic (exact) mass is 292 g/mol. The predicted molar refractivity (Wildman–Crippen MR) is 79.7 cm³/mol. The van der Waals surface area contributed by atoms with Gasteiger partial charge >= 0.3 is 0 Å². The van der Waals surface area contributed by atoms with Gasteiger partial charge in [-0.3, -0.25) is 4.79 Å². The van der Waals surface area contributed by atoms with E-state index in [2.05, 4.69) is 10.6 Å². The highest BCUT2D eigenvalue weighted by Crippen LogP contribution is 2.26. The molecule has 3 nitrogen and oxygen atoms in total. The number of amides is 1. The number of nitrogens with one attached hydrogen (secondary N) is 2. The van der Waals surface area contributed by atoms with Crippen LogP contribution in [0.15, 0.2) is 24.3 Å². The molecule has 5 heteroatoms. The first-order valence-corrected chi connectivity index (χ1v) is 7.72. The van der Waals surface area contributed by atoms with Crippen LogP contribution in [0.25, 0.3) is 10.1 Å². The Kier molecular flexibility index (Phi) is 3.98. The maximum Gasteiger partial charge on any atom is 0.261 e. The highest BCUT2D eigenvalue weighted by Gasteiger charge is 2.15. The molecule has 0 radical (unpaired) electrons. The van der Waals surface area contributed by atoms with Gasteiger partial charge in [0.05, 0.1) is 4.88 Å². The van der Waals surface area contributed by atoms with Gasteiger partial charge in [-0.15, -0.1) is 11.3 Å². The van der Waals surface area contributed by atoms with Crippen molar-refractivity contribution in [2.45, 2.75) is 12.8 Å². The Hall–Kier alpha value is -1.46. The van der Waals surface area contributed by atoms with E-state index in [1.54, 1.807) is 12.1 Å². The maximum atomic E-state index is 13.1. The van der Waals surface area contributed by atoms with E-state index in [1.807, 2.05) is 0 Å².